The van der Waals surface area contributed by atoms with Crippen LogP contribution >= 0.6 is 11.6 Å². The number of nitro benzene ring substituents is 1. The minimum Gasteiger partial charge on any atom is -0.352 e. The van der Waals surface area contributed by atoms with E-state index in [1.165, 1.54) is 12.1 Å². The number of nitro groups is 1. The van der Waals surface area contributed by atoms with Gasteiger partial charge < -0.3 is 10.6 Å². The molecule has 23 heavy (non-hydrogen) atoms. The number of halogens is 1. The lowest BCUT2D eigenvalue weighted by Crippen LogP contribution is -2.50. The molecule has 2 rings (SSSR count). The quantitative estimate of drug-likeness (QED) is 0.613. The van der Waals surface area contributed by atoms with Gasteiger partial charge in [-0.1, -0.05) is 25.4 Å². The normalized spacial score (nSPS) is 15.1. The van der Waals surface area contributed by atoms with E-state index in [9.17, 15) is 19.7 Å². The van der Waals surface area contributed by atoms with Crippen LogP contribution in [-0.2, 0) is 4.79 Å². The molecule has 0 heterocycles. The number of nitrogens with one attached hydrogen (secondary N) is 2. The van der Waals surface area contributed by atoms with Crippen molar-refractivity contribution >= 4 is 29.1 Å². The fraction of sp³-hybridized carbons (Fsp3) is 0.467. The second-order valence-corrected chi connectivity index (χ2v) is 6.31. The summed E-state index contributed by atoms with van der Waals surface area (Å²) < 4.78 is 0. The van der Waals surface area contributed by atoms with Crippen molar-refractivity contribution in [2.45, 2.75) is 38.8 Å². The van der Waals surface area contributed by atoms with E-state index in [4.69, 9.17) is 11.6 Å². The highest BCUT2D eigenvalue weighted by molar-refractivity contribution is 6.32. The number of carbonyl (C=O) groups is 2. The van der Waals surface area contributed by atoms with Crippen molar-refractivity contribution < 1.29 is 14.5 Å². The Bertz CT molecular complexity index is 644. The predicted molar refractivity (Wildman–Crippen MR) is 85.4 cm³/mol. The summed E-state index contributed by atoms with van der Waals surface area (Å²) in [6, 6.07) is 3.29. The highest BCUT2D eigenvalue weighted by Crippen LogP contribution is 2.25. The molecule has 1 atom stereocenters. The Morgan fingerprint density at radius 1 is 1.35 bits per heavy atom. The Hall–Kier alpha value is -2.15. The van der Waals surface area contributed by atoms with Crippen LogP contribution in [0.1, 0.15) is 37.0 Å². The smallest absolute Gasteiger partial charge is 0.288 e. The summed E-state index contributed by atoms with van der Waals surface area (Å²) in [6.45, 7) is 3.64. The number of amides is 2. The monoisotopic (exact) mass is 339 g/mol. The van der Waals surface area contributed by atoms with E-state index in [0.717, 1.165) is 18.9 Å². The summed E-state index contributed by atoms with van der Waals surface area (Å²) in [6.07, 6.45) is 1.90. The number of rotatable bonds is 6. The minimum atomic E-state index is -0.696. The first-order valence-corrected chi connectivity index (χ1v) is 7.72. The Morgan fingerprint density at radius 2 is 2.00 bits per heavy atom. The zero-order valence-corrected chi connectivity index (χ0v) is 13.6. The average Bonchev–Trinajstić information content (AvgIpc) is 3.28. The van der Waals surface area contributed by atoms with Crippen LogP contribution in [0.15, 0.2) is 18.2 Å². The molecule has 8 heteroatoms. The molecule has 7 nitrogen and oxygen atoms in total. The summed E-state index contributed by atoms with van der Waals surface area (Å²) in [5.41, 5.74) is -0.256. The second kappa shape index (κ2) is 6.95. The first-order valence-electron chi connectivity index (χ1n) is 7.34. The highest BCUT2D eigenvalue weighted by atomic mass is 35.5. The maximum Gasteiger partial charge on any atom is 0.288 e. The molecule has 2 amide bonds. The van der Waals surface area contributed by atoms with Crippen LogP contribution in [0.3, 0.4) is 0 Å². The van der Waals surface area contributed by atoms with Gasteiger partial charge in [-0.15, -0.1) is 0 Å². The Balaban J connectivity index is 2.13. The molecular weight excluding hydrogens is 322 g/mol. The van der Waals surface area contributed by atoms with Gasteiger partial charge in [0.15, 0.2) is 0 Å². The van der Waals surface area contributed by atoms with Crippen LogP contribution in [0.2, 0.25) is 5.02 Å². The van der Waals surface area contributed by atoms with Gasteiger partial charge in [0.25, 0.3) is 11.6 Å². The molecule has 1 aromatic carbocycles. The molecule has 124 valence electrons. The van der Waals surface area contributed by atoms with Gasteiger partial charge in [-0.25, -0.2) is 0 Å². The second-order valence-electron chi connectivity index (χ2n) is 5.90. The number of benzene rings is 1. The third kappa shape index (κ3) is 4.41. The van der Waals surface area contributed by atoms with Crippen molar-refractivity contribution in [1.29, 1.82) is 0 Å². The first-order chi connectivity index (χ1) is 10.8. The minimum absolute atomic E-state index is 0.0431. The van der Waals surface area contributed by atoms with Crippen LogP contribution in [0.4, 0.5) is 5.69 Å². The molecule has 1 unspecified atom stereocenters. The topological polar surface area (TPSA) is 101 Å². The van der Waals surface area contributed by atoms with E-state index in [-0.39, 0.29) is 34.1 Å². The van der Waals surface area contributed by atoms with Gasteiger partial charge in [0, 0.05) is 17.7 Å². The van der Waals surface area contributed by atoms with Crippen LogP contribution in [0.25, 0.3) is 0 Å². The average molecular weight is 340 g/mol. The van der Waals surface area contributed by atoms with E-state index in [1.807, 2.05) is 13.8 Å². The van der Waals surface area contributed by atoms with E-state index < -0.39 is 16.9 Å². The fourth-order valence-electron chi connectivity index (χ4n) is 2.07. The molecule has 0 aromatic heterocycles. The maximum atomic E-state index is 12.3. The van der Waals surface area contributed by atoms with Crippen LogP contribution in [0.5, 0.6) is 0 Å². The lowest BCUT2D eigenvalue weighted by molar-refractivity contribution is -0.384. The van der Waals surface area contributed by atoms with Crippen molar-refractivity contribution in [1.82, 2.24) is 10.6 Å². The molecule has 0 bridgehead atoms. The third-order valence-electron chi connectivity index (χ3n) is 3.56. The molecule has 1 aliphatic carbocycles. The van der Waals surface area contributed by atoms with Gasteiger partial charge in [0.2, 0.25) is 5.91 Å². The van der Waals surface area contributed by atoms with Crippen LogP contribution in [0, 0.1) is 16.0 Å². The first kappa shape index (κ1) is 17.2. The van der Waals surface area contributed by atoms with E-state index >= 15 is 0 Å². The number of carbonyl (C=O) groups excluding carboxylic acids is 2. The van der Waals surface area contributed by atoms with Crippen molar-refractivity contribution in [2.24, 2.45) is 5.92 Å². The zero-order chi connectivity index (χ0) is 17.1. The Kier molecular flexibility index (Phi) is 5.20. The summed E-state index contributed by atoms with van der Waals surface area (Å²) in [5.74, 6) is -0.895. The van der Waals surface area contributed by atoms with Crippen LogP contribution in [-0.4, -0.2) is 28.8 Å². The SMILES string of the molecule is CC(C)C(NC(=O)c1ccc(Cl)c([N+](=O)[O-])c1)C(=O)NC1CC1. The molecule has 0 aliphatic heterocycles. The van der Waals surface area contributed by atoms with Gasteiger partial charge in [-0.2, -0.15) is 0 Å². The molecule has 1 fully saturated rings. The molecule has 0 saturated heterocycles. The van der Waals surface area contributed by atoms with Crippen molar-refractivity contribution in [3.8, 4) is 0 Å². The van der Waals surface area contributed by atoms with Crippen molar-refractivity contribution in [3.63, 3.8) is 0 Å². The van der Waals surface area contributed by atoms with E-state index in [2.05, 4.69) is 10.6 Å². The standard InChI is InChI=1S/C15H18ClN3O4/c1-8(2)13(15(21)17-10-4-5-10)18-14(20)9-3-6-11(16)12(7-9)19(22)23/h3,6-8,10,13H,4-5H2,1-2H3,(H,17,21)(H,18,20). The van der Waals surface area contributed by atoms with Gasteiger partial charge in [0.05, 0.1) is 4.92 Å². The largest absolute Gasteiger partial charge is 0.352 e. The lowest BCUT2D eigenvalue weighted by atomic mass is 10.0. The van der Waals surface area contributed by atoms with E-state index in [1.54, 1.807) is 0 Å². The van der Waals surface area contributed by atoms with E-state index in [0.29, 0.717) is 0 Å². The Labute approximate surface area is 138 Å². The maximum absolute atomic E-state index is 12.3. The van der Waals surface area contributed by atoms with Crippen molar-refractivity contribution in [2.75, 3.05) is 0 Å². The van der Waals surface area contributed by atoms with Gasteiger partial charge in [0.1, 0.15) is 11.1 Å². The highest BCUT2D eigenvalue weighted by Gasteiger charge is 2.30. The third-order valence-corrected chi connectivity index (χ3v) is 3.88. The molecule has 1 saturated carbocycles. The summed E-state index contributed by atoms with van der Waals surface area (Å²) in [4.78, 5) is 34.7. The lowest BCUT2D eigenvalue weighted by Gasteiger charge is -2.21. The van der Waals surface area contributed by atoms with Gasteiger partial charge >= 0.3 is 0 Å². The van der Waals surface area contributed by atoms with Gasteiger partial charge in [-0.3, -0.25) is 19.7 Å². The molecule has 2 N–H and O–H groups in total. The van der Waals surface area contributed by atoms with Crippen LogP contribution < -0.4 is 10.6 Å². The van der Waals surface area contributed by atoms with Crippen molar-refractivity contribution in [3.05, 3.63) is 38.9 Å². The summed E-state index contributed by atoms with van der Waals surface area (Å²) in [7, 11) is 0. The number of hydrogen-bond donors (Lipinski definition) is 2. The fourth-order valence-corrected chi connectivity index (χ4v) is 2.26. The molecule has 1 aliphatic rings. The predicted octanol–water partition coefficient (Wildman–Crippen LogP) is 2.28. The number of nitrogens with zero attached hydrogens (tertiary/aromatic N) is 1. The number of hydrogen-bond acceptors (Lipinski definition) is 4. The zero-order valence-electron chi connectivity index (χ0n) is 12.8. The molecule has 1 aromatic rings. The summed E-state index contributed by atoms with van der Waals surface area (Å²) in [5, 5.41) is 16.3. The summed E-state index contributed by atoms with van der Waals surface area (Å²) >= 11 is 5.73. The molecule has 0 radical (unpaired) electrons. The van der Waals surface area contributed by atoms with Gasteiger partial charge in [-0.05, 0) is 30.9 Å². The Morgan fingerprint density at radius 3 is 2.52 bits per heavy atom. The molecule has 0 spiro atoms. The molecular formula is C15H18ClN3O4.